The van der Waals surface area contributed by atoms with Crippen LogP contribution in [0.2, 0.25) is 0 Å². The van der Waals surface area contributed by atoms with Gasteiger partial charge < -0.3 is 36.7 Å². The van der Waals surface area contributed by atoms with Gasteiger partial charge in [-0.25, -0.2) is 23.2 Å². The summed E-state index contributed by atoms with van der Waals surface area (Å²) in [6, 6.07) is 3.03. The van der Waals surface area contributed by atoms with Gasteiger partial charge in [-0.05, 0) is 69.9 Å². The lowest BCUT2D eigenvalue weighted by Gasteiger charge is -2.36. The van der Waals surface area contributed by atoms with E-state index in [0.29, 0.717) is 41.7 Å². The summed E-state index contributed by atoms with van der Waals surface area (Å²) < 4.78 is 44.8. The molecular formula is C36H51N6O9S-. The van der Waals surface area contributed by atoms with Crippen LogP contribution in [-0.2, 0) is 35.6 Å². The molecule has 5 atom stereocenters. The van der Waals surface area contributed by atoms with Crippen LogP contribution in [-0.4, -0.2) is 95.3 Å². The lowest BCUT2D eigenvalue weighted by molar-refractivity contribution is -0.143. The van der Waals surface area contributed by atoms with Crippen LogP contribution in [0.15, 0.2) is 18.2 Å². The summed E-state index contributed by atoms with van der Waals surface area (Å²) in [7, 11) is -2.34. The fourth-order valence-corrected chi connectivity index (χ4v) is 7.79. The maximum absolute atomic E-state index is 14.5. The number of fused-ring (bicyclic) bond motifs is 1. The third kappa shape index (κ3) is 8.53. The molecule has 1 aromatic carbocycles. The van der Waals surface area contributed by atoms with Crippen molar-refractivity contribution in [1.29, 1.82) is 0 Å². The molecule has 0 unspecified atom stereocenters. The minimum absolute atomic E-state index is 0.00890. The Morgan fingerprint density at radius 2 is 1.77 bits per heavy atom. The molecule has 52 heavy (non-hydrogen) atoms. The molecule has 3 N–H and O–H groups in total. The molecule has 1 saturated heterocycles. The number of nitrogens with zero attached hydrogens (tertiary/aromatic N) is 3. The van der Waals surface area contributed by atoms with Crippen molar-refractivity contribution in [2.24, 2.45) is 11.3 Å². The van der Waals surface area contributed by atoms with Crippen molar-refractivity contribution in [3.63, 3.8) is 0 Å². The van der Waals surface area contributed by atoms with Crippen LogP contribution >= 0.6 is 0 Å². The second-order valence-corrected chi connectivity index (χ2v) is 17.9. The first-order valence-corrected chi connectivity index (χ1v) is 19.2. The zero-order valence-corrected chi connectivity index (χ0v) is 32.0. The van der Waals surface area contributed by atoms with Gasteiger partial charge in [0.2, 0.25) is 27.7 Å². The van der Waals surface area contributed by atoms with Gasteiger partial charge in [0.25, 0.3) is 5.91 Å². The Bertz CT molecular complexity index is 1840. The van der Waals surface area contributed by atoms with Gasteiger partial charge in [0.15, 0.2) is 0 Å². The Kier molecular flexibility index (Phi) is 10.7. The molecule has 16 heteroatoms. The number of aryl methyl sites for hydroxylation is 1. The van der Waals surface area contributed by atoms with E-state index in [0.717, 1.165) is 0 Å². The first-order valence-electron chi connectivity index (χ1n) is 17.7. The number of nitrogens with one attached hydrogen (secondary N) is 3. The van der Waals surface area contributed by atoms with Gasteiger partial charge in [0.05, 0.1) is 29.9 Å². The second kappa shape index (κ2) is 14.3. The van der Waals surface area contributed by atoms with Gasteiger partial charge in [-0.2, -0.15) is 6.42 Å². The largest absolute Gasteiger partial charge is 0.497 e. The van der Waals surface area contributed by atoms with Crippen molar-refractivity contribution in [1.82, 2.24) is 30.2 Å². The predicted molar refractivity (Wildman–Crippen MR) is 192 cm³/mol. The summed E-state index contributed by atoms with van der Waals surface area (Å²) >= 11 is 0. The number of amides is 4. The number of ether oxygens (including phenoxy) is 3. The Hall–Kier alpha value is -4.21. The molecule has 0 bridgehead atoms. The normalized spacial score (nSPS) is 23.8. The number of alkyl carbamates (subject to hydrolysis) is 1. The molecule has 0 radical (unpaired) electrons. The summed E-state index contributed by atoms with van der Waals surface area (Å²) in [5, 5.41) is 4.88. The van der Waals surface area contributed by atoms with E-state index >= 15 is 0 Å². The minimum Gasteiger partial charge on any atom is -0.497 e. The number of carbonyl (C=O) groups is 4. The van der Waals surface area contributed by atoms with Crippen molar-refractivity contribution in [2.45, 2.75) is 122 Å². The highest BCUT2D eigenvalue weighted by molar-refractivity contribution is 7.91. The Morgan fingerprint density at radius 1 is 1.08 bits per heavy atom. The number of benzene rings is 1. The first kappa shape index (κ1) is 39.0. The average molecular weight is 744 g/mol. The van der Waals surface area contributed by atoms with E-state index in [4.69, 9.17) is 24.2 Å². The molecule has 2 aromatic rings. The van der Waals surface area contributed by atoms with Crippen LogP contribution in [0.1, 0.15) is 86.3 Å². The Balaban J connectivity index is 1.46. The summed E-state index contributed by atoms with van der Waals surface area (Å²) in [5.41, 5.74) is -1.41. The molecule has 2 saturated carbocycles. The van der Waals surface area contributed by atoms with E-state index in [2.05, 4.69) is 22.3 Å². The molecule has 4 amide bonds. The monoisotopic (exact) mass is 743 g/mol. The molecule has 0 spiro atoms. The van der Waals surface area contributed by atoms with Crippen LogP contribution in [0.25, 0.3) is 11.0 Å². The van der Waals surface area contributed by atoms with Crippen LogP contribution in [0.3, 0.4) is 0 Å². The molecule has 15 nitrogen and oxygen atoms in total. The Morgan fingerprint density at radius 3 is 2.33 bits per heavy atom. The van der Waals surface area contributed by atoms with E-state index in [9.17, 15) is 27.6 Å². The maximum atomic E-state index is 14.5. The van der Waals surface area contributed by atoms with Crippen LogP contribution < -0.4 is 24.8 Å². The topological polar surface area (TPSA) is 195 Å². The molecule has 286 valence electrons. The number of carbonyl (C=O) groups excluding carboxylic acids is 4. The summed E-state index contributed by atoms with van der Waals surface area (Å²) in [6.45, 7) is 16.2. The highest BCUT2D eigenvalue weighted by atomic mass is 32.2. The van der Waals surface area contributed by atoms with Crippen molar-refractivity contribution < 1.29 is 41.8 Å². The highest BCUT2D eigenvalue weighted by Gasteiger charge is 2.61. The van der Waals surface area contributed by atoms with Gasteiger partial charge in [-0.3, -0.25) is 19.1 Å². The number of aromatic nitrogens is 2. The summed E-state index contributed by atoms with van der Waals surface area (Å²) in [5.74, 6) is -1.63. The molecule has 1 aromatic heterocycles. The van der Waals surface area contributed by atoms with Crippen molar-refractivity contribution >= 4 is 44.9 Å². The molecular weight excluding hydrogens is 692 g/mol. The fourth-order valence-electron chi connectivity index (χ4n) is 6.43. The number of methoxy groups -OCH3 is 1. The molecule has 2 heterocycles. The number of hydrogen-bond acceptors (Lipinski definition) is 11. The van der Waals surface area contributed by atoms with Crippen LogP contribution in [0.4, 0.5) is 4.79 Å². The molecule has 3 aliphatic rings. The number of hydrogen-bond donors (Lipinski definition) is 3. The van der Waals surface area contributed by atoms with E-state index in [1.54, 1.807) is 66.9 Å². The number of rotatable bonds is 12. The summed E-state index contributed by atoms with van der Waals surface area (Å²) in [6.07, 6.45) is 0.339. The zero-order valence-electron chi connectivity index (χ0n) is 31.2. The Labute approximate surface area is 305 Å². The van der Waals surface area contributed by atoms with E-state index in [1.807, 2.05) is 6.92 Å². The standard InChI is InChI=1S/C36H51N6O9S/c1-10-20-18-36(20,32(45)41-52(47,48)23-13-14-23)40-29(43)27-17-22(50-30-24(11-2)37-25-15-12-21(49-9)16-26(25)38-30)19-42(27)31(44)28(34(3,4)5)39-33(46)51-35(6,7)8/h12,15-16,20,22-23,27-28H,1,10-11,13-14,17-19H2,2-9H3,(H,39,46)(H,40,43)(H,41,45)/q-1/t20-,22-,27+,28-,36-/m1/s1. The molecule has 5 rings (SSSR count). The molecule has 3 fully saturated rings. The quantitative estimate of drug-likeness (QED) is 0.270. The van der Waals surface area contributed by atoms with Gasteiger partial charge in [0, 0.05) is 12.5 Å². The van der Waals surface area contributed by atoms with Gasteiger partial charge in [0.1, 0.15) is 40.8 Å². The second-order valence-electron chi connectivity index (χ2n) is 15.9. The number of sulfonamides is 1. The SMILES string of the molecule is [CH2-]C[C@@H]1C[C@]1(NC(=O)[C@@H]1C[C@@H](Oc2nc3cc(OC)ccc3nc2CC)CN1C(=O)[C@@H](NC(=O)OC(C)(C)C)C(C)(C)C)C(=O)NS(=O)(=O)C1CC1. The zero-order chi connectivity index (χ0) is 38.4. The molecule has 1 aliphatic heterocycles. The third-order valence-corrected chi connectivity index (χ3v) is 11.4. The van der Waals surface area contributed by atoms with E-state index < -0.39 is 79.7 Å². The third-order valence-electron chi connectivity index (χ3n) is 9.55. The molecule has 2 aliphatic carbocycles. The van der Waals surface area contributed by atoms with Gasteiger partial charge in [-0.15, -0.1) is 0 Å². The lowest BCUT2D eigenvalue weighted by Crippen LogP contribution is -2.60. The minimum atomic E-state index is -3.89. The van der Waals surface area contributed by atoms with Crippen LogP contribution in [0.5, 0.6) is 11.6 Å². The summed E-state index contributed by atoms with van der Waals surface area (Å²) in [4.78, 5) is 66.0. The fraction of sp³-hybridized carbons (Fsp3) is 0.639. The van der Waals surface area contributed by atoms with E-state index in [1.165, 1.54) is 4.90 Å². The van der Waals surface area contributed by atoms with Crippen molar-refractivity contribution in [3.8, 4) is 11.6 Å². The van der Waals surface area contributed by atoms with Crippen molar-refractivity contribution in [2.75, 3.05) is 13.7 Å². The van der Waals surface area contributed by atoms with Crippen molar-refractivity contribution in [3.05, 3.63) is 30.8 Å². The van der Waals surface area contributed by atoms with Crippen LogP contribution in [0, 0.1) is 18.3 Å². The van der Waals surface area contributed by atoms with Gasteiger partial charge in [-0.1, -0.05) is 27.7 Å². The first-order chi connectivity index (χ1) is 24.2. The average Bonchev–Trinajstić information content (AvgIpc) is 3.98. The predicted octanol–water partition coefficient (Wildman–Crippen LogP) is 3.20. The smallest absolute Gasteiger partial charge is 0.408 e. The number of likely N-dealkylation sites (tertiary alicyclic amines) is 1. The van der Waals surface area contributed by atoms with Gasteiger partial charge >= 0.3 is 6.09 Å². The maximum Gasteiger partial charge on any atom is 0.408 e. The van der Waals surface area contributed by atoms with E-state index in [-0.39, 0.29) is 31.7 Å². The highest BCUT2D eigenvalue weighted by Crippen LogP contribution is 2.47. The lowest BCUT2D eigenvalue weighted by atomic mass is 9.85.